The third kappa shape index (κ3) is 4.55. The van der Waals surface area contributed by atoms with Gasteiger partial charge in [0.05, 0.1) is 10.8 Å². The van der Waals surface area contributed by atoms with Crippen LogP contribution >= 0.6 is 35.0 Å². The van der Waals surface area contributed by atoms with Gasteiger partial charge in [0, 0.05) is 16.6 Å². The summed E-state index contributed by atoms with van der Waals surface area (Å²) in [6.07, 6.45) is 0. The Labute approximate surface area is 155 Å². The molecule has 0 aliphatic heterocycles. The van der Waals surface area contributed by atoms with Gasteiger partial charge in [0.25, 0.3) is 0 Å². The van der Waals surface area contributed by atoms with Crippen molar-refractivity contribution in [3.8, 4) is 11.4 Å². The van der Waals surface area contributed by atoms with Crippen LogP contribution in [0.4, 0.5) is 0 Å². The Hall–Kier alpha value is -1.44. The lowest BCUT2D eigenvalue weighted by Crippen LogP contribution is -2.37. The van der Waals surface area contributed by atoms with Gasteiger partial charge in [-0.1, -0.05) is 48.8 Å². The standard InChI is InChI=1S/C15H19Cl2N5OS/c1-8(2)9(3)19-13(23)7-24-15-21-20-14(22(15)18)11-6-10(16)4-5-12(11)17/h4-6,8-9H,7,18H2,1-3H3,(H,19,23)/t9-/m0/s1. The van der Waals surface area contributed by atoms with Crippen molar-refractivity contribution < 1.29 is 4.79 Å². The molecule has 1 atom stereocenters. The molecule has 24 heavy (non-hydrogen) atoms. The Bertz CT molecular complexity index is 735. The lowest BCUT2D eigenvalue weighted by atomic mass is 10.1. The maximum absolute atomic E-state index is 11.9. The monoisotopic (exact) mass is 387 g/mol. The van der Waals surface area contributed by atoms with E-state index in [0.29, 0.717) is 32.5 Å². The number of benzene rings is 1. The molecule has 0 saturated carbocycles. The number of halogens is 2. The number of nitrogens with two attached hydrogens (primary N) is 1. The van der Waals surface area contributed by atoms with Crippen molar-refractivity contribution >= 4 is 40.9 Å². The van der Waals surface area contributed by atoms with E-state index < -0.39 is 0 Å². The molecule has 0 aliphatic rings. The van der Waals surface area contributed by atoms with Gasteiger partial charge in [-0.05, 0) is 31.0 Å². The molecule has 9 heteroatoms. The molecular weight excluding hydrogens is 369 g/mol. The van der Waals surface area contributed by atoms with Crippen LogP contribution in [-0.4, -0.2) is 32.6 Å². The zero-order chi connectivity index (χ0) is 17.9. The average Bonchev–Trinajstić information content (AvgIpc) is 2.88. The minimum absolute atomic E-state index is 0.0773. The molecule has 0 unspecified atom stereocenters. The molecule has 0 spiro atoms. The van der Waals surface area contributed by atoms with Gasteiger partial charge in [0.15, 0.2) is 5.82 Å². The molecule has 3 N–H and O–H groups in total. The molecule has 0 fully saturated rings. The van der Waals surface area contributed by atoms with Crippen LogP contribution in [0, 0.1) is 5.92 Å². The van der Waals surface area contributed by atoms with Crippen LogP contribution in [0.1, 0.15) is 20.8 Å². The van der Waals surface area contributed by atoms with Crippen LogP contribution in [0.15, 0.2) is 23.4 Å². The fraction of sp³-hybridized carbons (Fsp3) is 0.400. The summed E-state index contributed by atoms with van der Waals surface area (Å²) < 4.78 is 1.31. The summed E-state index contributed by atoms with van der Waals surface area (Å²) in [6.45, 7) is 6.07. The Balaban J connectivity index is 2.08. The second-order valence-corrected chi connectivity index (χ2v) is 7.48. The van der Waals surface area contributed by atoms with Crippen molar-refractivity contribution in [2.24, 2.45) is 5.92 Å². The van der Waals surface area contributed by atoms with Gasteiger partial charge in [-0.15, -0.1) is 10.2 Å². The molecular formula is C15H19Cl2N5OS. The van der Waals surface area contributed by atoms with E-state index >= 15 is 0 Å². The highest BCUT2D eigenvalue weighted by molar-refractivity contribution is 7.99. The first-order chi connectivity index (χ1) is 11.3. The van der Waals surface area contributed by atoms with Gasteiger partial charge in [0.2, 0.25) is 11.1 Å². The number of nitrogens with zero attached hydrogens (tertiary/aromatic N) is 3. The number of hydrogen-bond acceptors (Lipinski definition) is 5. The molecule has 1 heterocycles. The molecule has 130 valence electrons. The van der Waals surface area contributed by atoms with Gasteiger partial charge in [-0.2, -0.15) is 0 Å². The minimum atomic E-state index is -0.0773. The zero-order valence-corrected chi connectivity index (χ0v) is 15.9. The van der Waals surface area contributed by atoms with Gasteiger partial charge < -0.3 is 11.2 Å². The number of carbonyl (C=O) groups excluding carboxylic acids is 1. The first-order valence-corrected chi connectivity index (χ1v) is 9.11. The summed E-state index contributed by atoms with van der Waals surface area (Å²) in [5, 5.41) is 12.4. The highest BCUT2D eigenvalue weighted by Crippen LogP contribution is 2.30. The summed E-state index contributed by atoms with van der Waals surface area (Å²) in [5.41, 5.74) is 0.587. The molecule has 1 aromatic heterocycles. The number of amides is 1. The smallest absolute Gasteiger partial charge is 0.230 e. The molecule has 1 aromatic carbocycles. The molecule has 6 nitrogen and oxygen atoms in total. The number of hydrogen-bond donors (Lipinski definition) is 2. The lowest BCUT2D eigenvalue weighted by Gasteiger charge is -2.17. The highest BCUT2D eigenvalue weighted by atomic mass is 35.5. The van der Waals surface area contributed by atoms with Crippen LogP contribution in [0.2, 0.25) is 10.0 Å². The fourth-order valence-corrected chi connectivity index (χ4v) is 2.86. The molecule has 1 amide bonds. The van der Waals surface area contributed by atoms with Gasteiger partial charge in [-0.3, -0.25) is 4.79 Å². The Morgan fingerprint density at radius 1 is 1.33 bits per heavy atom. The van der Waals surface area contributed by atoms with E-state index in [1.165, 1.54) is 16.4 Å². The quantitative estimate of drug-likeness (QED) is 0.586. The van der Waals surface area contributed by atoms with Crippen LogP contribution in [0.5, 0.6) is 0 Å². The number of rotatable bonds is 6. The number of aromatic nitrogens is 3. The summed E-state index contributed by atoms with van der Waals surface area (Å²) >= 11 is 13.4. The van der Waals surface area contributed by atoms with Crippen LogP contribution in [-0.2, 0) is 4.79 Å². The molecule has 0 radical (unpaired) electrons. The van der Waals surface area contributed by atoms with E-state index in [2.05, 4.69) is 29.4 Å². The average molecular weight is 388 g/mol. The zero-order valence-electron chi connectivity index (χ0n) is 13.6. The van der Waals surface area contributed by atoms with E-state index in [4.69, 9.17) is 29.0 Å². The van der Waals surface area contributed by atoms with E-state index in [1.54, 1.807) is 18.2 Å². The Kier molecular flexibility index (Phi) is 6.37. The van der Waals surface area contributed by atoms with Crippen molar-refractivity contribution in [2.45, 2.75) is 32.0 Å². The third-order valence-corrected chi connectivity index (χ3v) is 5.06. The molecule has 0 bridgehead atoms. The second kappa shape index (κ2) is 8.09. The molecule has 2 rings (SSSR count). The number of nitrogens with one attached hydrogen (secondary N) is 1. The Morgan fingerprint density at radius 2 is 2.04 bits per heavy atom. The van der Waals surface area contributed by atoms with E-state index in [-0.39, 0.29) is 17.7 Å². The SMILES string of the molecule is CC(C)[C@H](C)NC(=O)CSc1nnc(-c2cc(Cl)ccc2Cl)n1N. The maximum atomic E-state index is 11.9. The predicted molar refractivity (Wildman–Crippen MR) is 98.8 cm³/mol. The number of nitrogen functional groups attached to an aromatic ring is 1. The molecule has 2 aromatic rings. The van der Waals surface area contributed by atoms with Gasteiger partial charge in [-0.25, -0.2) is 4.68 Å². The summed E-state index contributed by atoms with van der Waals surface area (Å²) in [7, 11) is 0. The predicted octanol–water partition coefficient (Wildman–Crippen LogP) is 3.22. The van der Waals surface area contributed by atoms with Crippen molar-refractivity contribution in [2.75, 3.05) is 11.6 Å². The second-order valence-electron chi connectivity index (χ2n) is 5.69. The molecule has 0 saturated heterocycles. The highest BCUT2D eigenvalue weighted by Gasteiger charge is 2.17. The van der Waals surface area contributed by atoms with Crippen LogP contribution in [0.25, 0.3) is 11.4 Å². The van der Waals surface area contributed by atoms with Crippen molar-refractivity contribution in [3.05, 3.63) is 28.2 Å². The van der Waals surface area contributed by atoms with E-state index in [0.717, 1.165) is 0 Å². The first kappa shape index (κ1) is 18.9. The lowest BCUT2D eigenvalue weighted by molar-refractivity contribution is -0.119. The molecule has 0 aliphatic carbocycles. The Morgan fingerprint density at radius 3 is 2.71 bits per heavy atom. The largest absolute Gasteiger partial charge is 0.353 e. The van der Waals surface area contributed by atoms with E-state index in [9.17, 15) is 4.79 Å². The van der Waals surface area contributed by atoms with Gasteiger partial charge >= 0.3 is 0 Å². The topological polar surface area (TPSA) is 85.8 Å². The fourth-order valence-electron chi connectivity index (χ4n) is 1.82. The van der Waals surface area contributed by atoms with E-state index in [1.807, 2.05) is 6.92 Å². The maximum Gasteiger partial charge on any atom is 0.230 e. The summed E-state index contributed by atoms with van der Waals surface area (Å²) in [4.78, 5) is 11.9. The first-order valence-electron chi connectivity index (χ1n) is 7.37. The van der Waals surface area contributed by atoms with Crippen molar-refractivity contribution in [3.63, 3.8) is 0 Å². The third-order valence-electron chi connectivity index (χ3n) is 3.55. The minimum Gasteiger partial charge on any atom is -0.353 e. The van der Waals surface area contributed by atoms with Crippen LogP contribution in [0.3, 0.4) is 0 Å². The number of carbonyl (C=O) groups is 1. The number of thioether (sulfide) groups is 1. The summed E-state index contributed by atoms with van der Waals surface area (Å²) in [5.74, 6) is 6.91. The van der Waals surface area contributed by atoms with Crippen LogP contribution < -0.4 is 11.2 Å². The normalized spacial score (nSPS) is 12.4. The van der Waals surface area contributed by atoms with Crippen molar-refractivity contribution in [1.29, 1.82) is 0 Å². The van der Waals surface area contributed by atoms with Gasteiger partial charge in [0.1, 0.15) is 0 Å². The summed E-state index contributed by atoms with van der Waals surface area (Å²) in [6, 6.07) is 5.12. The van der Waals surface area contributed by atoms with Crippen molar-refractivity contribution in [1.82, 2.24) is 20.2 Å².